The van der Waals surface area contributed by atoms with Crippen molar-refractivity contribution in [3.8, 4) is 0 Å². The van der Waals surface area contributed by atoms with Crippen LogP contribution in [0.2, 0.25) is 0 Å². The lowest BCUT2D eigenvalue weighted by atomic mass is 10.0. The van der Waals surface area contributed by atoms with Crippen LogP contribution in [0.4, 0.5) is 0 Å². The van der Waals surface area contributed by atoms with Gasteiger partial charge in [0.2, 0.25) is 0 Å². The Labute approximate surface area is 415 Å². The second-order valence-corrected chi connectivity index (χ2v) is 23.1. The highest BCUT2D eigenvalue weighted by Crippen LogP contribution is 2.25. The summed E-state index contributed by atoms with van der Waals surface area (Å²) in [5.74, 6) is 0. The highest BCUT2D eigenvalue weighted by atomic mass is 32.2. The molecule has 0 fully saturated rings. The van der Waals surface area contributed by atoms with E-state index in [0.717, 1.165) is 11.0 Å². The molecule has 0 aliphatic heterocycles. The molecule has 0 bridgehead atoms. The monoisotopic (exact) mass is 945 g/mol. The Morgan fingerprint density at radius 1 is 0.303 bits per heavy atom. The van der Waals surface area contributed by atoms with Crippen molar-refractivity contribution in [2.24, 2.45) is 0 Å². The highest BCUT2D eigenvalue weighted by molar-refractivity contribution is 7.85. The van der Waals surface area contributed by atoms with E-state index >= 15 is 0 Å². The van der Waals surface area contributed by atoms with Crippen molar-refractivity contribution in [2.75, 3.05) is 19.6 Å². The topological polar surface area (TPSA) is 54.4 Å². The minimum Gasteiger partial charge on any atom is -0.320 e. The van der Waals surface area contributed by atoms with Crippen molar-refractivity contribution in [3.63, 3.8) is 0 Å². The number of unbranched alkanes of at least 4 members (excludes halogenated alkanes) is 45. The largest absolute Gasteiger partial charge is 0.320 e. The van der Waals surface area contributed by atoms with Crippen molar-refractivity contribution >= 4 is 10.1 Å². The summed E-state index contributed by atoms with van der Waals surface area (Å²) in [5, 5.41) is 0. The molecule has 1 N–H and O–H groups in total. The molecule has 4 nitrogen and oxygen atoms in total. The third-order valence-corrected chi connectivity index (χ3v) is 16.1. The quantitative estimate of drug-likeness (QED) is 0.0402. The van der Waals surface area contributed by atoms with Gasteiger partial charge in [-0.05, 0) is 50.7 Å². The highest BCUT2D eigenvalue weighted by Gasteiger charge is 2.27. The first kappa shape index (κ1) is 63.1. The molecule has 1 aromatic carbocycles. The molecule has 0 saturated carbocycles. The Hall–Kier alpha value is -0.910. The predicted molar refractivity (Wildman–Crippen MR) is 293 cm³/mol. The van der Waals surface area contributed by atoms with Crippen LogP contribution in [-0.4, -0.2) is 37.1 Å². The molecule has 390 valence electrons. The zero-order chi connectivity index (χ0) is 47.8. The fourth-order valence-electron chi connectivity index (χ4n) is 10.7. The van der Waals surface area contributed by atoms with Gasteiger partial charge in [-0.15, -0.1) is 0 Å². The molecule has 0 atom stereocenters. The fourth-order valence-corrected chi connectivity index (χ4v) is 11.2. The Morgan fingerprint density at radius 2 is 0.485 bits per heavy atom. The lowest BCUT2D eigenvalue weighted by Crippen LogP contribution is -2.49. The van der Waals surface area contributed by atoms with Crippen LogP contribution in [0.15, 0.2) is 29.2 Å². The molecule has 0 aliphatic rings. The molecule has 1 rings (SSSR count). The van der Waals surface area contributed by atoms with Gasteiger partial charge in [0.05, 0.1) is 24.5 Å². The van der Waals surface area contributed by atoms with E-state index in [9.17, 15) is 13.0 Å². The zero-order valence-corrected chi connectivity index (χ0v) is 46.0. The lowest BCUT2D eigenvalue weighted by molar-refractivity contribution is -0.941. The van der Waals surface area contributed by atoms with Crippen molar-refractivity contribution in [1.29, 1.82) is 0 Å². The summed E-state index contributed by atoms with van der Waals surface area (Å²) in [5.41, 5.74) is 1.21. The van der Waals surface area contributed by atoms with E-state index in [0.29, 0.717) is 0 Å². The van der Waals surface area contributed by atoms with E-state index in [1.807, 2.05) is 12.1 Å². The van der Waals surface area contributed by atoms with Crippen LogP contribution >= 0.6 is 0 Å². The van der Waals surface area contributed by atoms with Crippen LogP contribution in [-0.2, 0) is 16.7 Å². The van der Waals surface area contributed by atoms with Gasteiger partial charge in [0.1, 0.15) is 6.54 Å². The summed E-state index contributed by atoms with van der Waals surface area (Å²) >= 11 is 0. The number of nitrogens with zero attached hydrogens (tertiary/aromatic N) is 1. The summed E-state index contributed by atoms with van der Waals surface area (Å²) in [4.78, 5) is 0.0118. The minimum absolute atomic E-state index is 0.0118. The zero-order valence-electron chi connectivity index (χ0n) is 45.2. The molecule has 0 saturated heterocycles. The number of benzene rings is 1. The summed E-state index contributed by atoms with van der Waals surface area (Å²) in [6.07, 6.45) is 67.3. The van der Waals surface area contributed by atoms with Crippen LogP contribution in [0.1, 0.15) is 335 Å². The van der Waals surface area contributed by atoms with E-state index in [4.69, 9.17) is 0 Å². The van der Waals surface area contributed by atoms with Gasteiger partial charge in [-0.2, -0.15) is 8.42 Å². The smallest absolute Gasteiger partial charge is 0.294 e. The SMILES string of the molecule is CCCCCCCCCCCCCCCCCC[N+](CCCCCCCCCCCCCCCCCC)(CCCCCCCCCCCCCCCCCC)Cc1ccc(S(=O)(=O)O)cc1. The fraction of sp³-hybridized carbons (Fsp3) is 0.902. The number of quaternary nitrogens is 1. The standard InChI is InChI=1S/C61H117NO3S/c1-4-7-10-13-16-19-22-25-28-31-34-37-40-43-46-49-56-62(59-60-52-54-61(55-53-60)66(63,64)65,57-50-47-44-41-38-35-32-29-26-23-20-17-14-11-8-5-2)58-51-48-45-42-39-36-33-30-27-24-21-18-15-12-9-6-3/h52-55H,4-51,56-59H2,1-3H3/p+1. The van der Waals surface area contributed by atoms with Gasteiger partial charge in [0.15, 0.2) is 0 Å². The molecule has 0 spiro atoms. The molecular formula is C61H118NO3S+. The Kier molecular flexibility index (Phi) is 45.7. The van der Waals surface area contributed by atoms with E-state index < -0.39 is 10.1 Å². The van der Waals surface area contributed by atoms with E-state index in [1.54, 1.807) is 12.1 Å². The van der Waals surface area contributed by atoms with Gasteiger partial charge in [0.25, 0.3) is 10.1 Å². The molecule has 0 radical (unpaired) electrons. The van der Waals surface area contributed by atoms with Crippen molar-refractivity contribution in [1.82, 2.24) is 0 Å². The van der Waals surface area contributed by atoms with E-state index in [1.165, 1.54) is 333 Å². The average molecular weight is 946 g/mol. The maximum Gasteiger partial charge on any atom is 0.294 e. The molecule has 66 heavy (non-hydrogen) atoms. The normalized spacial score (nSPS) is 12.2. The maximum atomic E-state index is 11.9. The lowest BCUT2D eigenvalue weighted by Gasteiger charge is -2.39. The van der Waals surface area contributed by atoms with Crippen LogP contribution in [0.5, 0.6) is 0 Å². The van der Waals surface area contributed by atoms with Gasteiger partial charge in [-0.25, -0.2) is 0 Å². The van der Waals surface area contributed by atoms with Gasteiger partial charge >= 0.3 is 0 Å². The first-order valence-corrected chi connectivity index (χ1v) is 31.7. The Bertz CT molecular complexity index is 1130. The van der Waals surface area contributed by atoms with Crippen molar-refractivity contribution in [3.05, 3.63) is 29.8 Å². The first-order valence-electron chi connectivity index (χ1n) is 30.3. The minimum atomic E-state index is -4.18. The van der Waals surface area contributed by atoms with E-state index in [2.05, 4.69) is 20.8 Å². The molecule has 0 heterocycles. The van der Waals surface area contributed by atoms with Crippen molar-refractivity contribution in [2.45, 2.75) is 340 Å². The van der Waals surface area contributed by atoms with Gasteiger partial charge < -0.3 is 4.48 Å². The van der Waals surface area contributed by atoms with Crippen LogP contribution in [0.3, 0.4) is 0 Å². The van der Waals surface area contributed by atoms with E-state index in [-0.39, 0.29) is 4.90 Å². The molecule has 0 amide bonds. The third-order valence-electron chi connectivity index (χ3n) is 15.2. The molecule has 0 aliphatic carbocycles. The summed E-state index contributed by atoms with van der Waals surface area (Å²) in [7, 11) is -4.18. The Balaban J connectivity index is 2.63. The van der Waals surface area contributed by atoms with Gasteiger partial charge in [0, 0.05) is 5.56 Å². The molecule has 0 aromatic heterocycles. The number of rotatable bonds is 54. The first-order chi connectivity index (χ1) is 32.4. The number of hydrogen-bond donors (Lipinski definition) is 1. The third kappa shape index (κ3) is 40.9. The van der Waals surface area contributed by atoms with Gasteiger partial charge in [-0.3, -0.25) is 4.55 Å². The molecule has 0 unspecified atom stereocenters. The molecular weight excluding hydrogens is 827 g/mol. The number of hydrogen-bond acceptors (Lipinski definition) is 2. The predicted octanol–water partition coefficient (Wildman–Crippen LogP) is 21.0. The van der Waals surface area contributed by atoms with Crippen LogP contribution in [0, 0.1) is 0 Å². The van der Waals surface area contributed by atoms with Gasteiger partial charge in [-0.1, -0.05) is 303 Å². The van der Waals surface area contributed by atoms with Crippen LogP contribution < -0.4 is 0 Å². The second-order valence-electron chi connectivity index (χ2n) is 21.7. The second kappa shape index (κ2) is 47.8. The van der Waals surface area contributed by atoms with Crippen molar-refractivity contribution < 1.29 is 17.5 Å². The molecule has 1 aromatic rings. The Morgan fingerprint density at radius 3 is 0.667 bits per heavy atom. The summed E-state index contributed by atoms with van der Waals surface area (Å²) in [6, 6.07) is 7.20. The van der Waals surface area contributed by atoms with Crippen LogP contribution in [0.25, 0.3) is 0 Å². The summed E-state index contributed by atoms with van der Waals surface area (Å²) < 4.78 is 34.7. The molecule has 5 heteroatoms. The average Bonchev–Trinajstić information content (AvgIpc) is 3.31. The summed E-state index contributed by atoms with van der Waals surface area (Å²) in [6.45, 7) is 11.6. The maximum absolute atomic E-state index is 11.9.